The molecule has 0 unspecified atom stereocenters. The van der Waals surface area contributed by atoms with Crippen LogP contribution in [0.4, 0.5) is 25.2 Å². The number of rotatable bonds is 12. The van der Waals surface area contributed by atoms with Crippen molar-refractivity contribution in [3.05, 3.63) is 28.2 Å². The van der Waals surface area contributed by atoms with Gasteiger partial charge in [0.15, 0.2) is 17.2 Å². The molecule has 1 aliphatic heterocycles. The van der Waals surface area contributed by atoms with Gasteiger partial charge in [0, 0.05) is 18.7 Å². The van der Waals surface area contributed by atoms with Gasteiger partial charge in [0.2, 0.25) is 0 Å². The second kappa shape index (κ2) is 23.6. The van der Waals surface area contributed by atoms with Gasteiger partial charge in [-0.15, -0.1) is 0 Å². The molecule has 0 aliphatic carbocycles. The number of benzene rings is 1. The van der Waals surface area contributed by atoms with Gasteiger partial charge in [-0.1, -0.05) is 64.7 Å². The number of nitrogens with one attached hydrogen (secondary N) is 2. The van der Waals surface area contributed by atoms with E-state index in [1.54, 1.807) is 12.1 Å². The van der Waals surface area contributed by atoms with E-state index in [0.29, 0.717) is 81.9 Å². The molecule has 2 aromatic rings. The number of aromatic nitrogens is 2. The number of ether oxygens (including phenoxy) is 6. The fraction of sp³-hybridized carbons (Fsp3) is 0.710. The standard InChI is InChI=1S/C31H49N3O8.F6P.K/c1-2-3-4-5-6-7-8-9-10-11-12-32-30(35)29-31(36)34-26-24-28-27(23-25(26)33-29)41-21-19-39-17-15-37-13-14-38-16-18-40-20-22-42-28;1-7(2,3,4,5)6;/h23-24H,2-22H2,1H3,(H,32,35)(H,34,36);;/q;-1;+1. The minimum absolute atomic E-state index is 0. The molecule has 0 atom stereocenters. The molecule has 1 aromatic carbocycles. The summed E-state index contributed by atoms with van der Waals surface area (Å²) in [5, 5.41) is 2.84. The second-order valence-corrected chi connectivity index (χ2v) is 13.2. The van der Waals surface area contributed by atoms with E-state index in [4.69, 9.17) is 28.4 Å². The third kappa shape index (κ3) is 25.0. The monoisotopic (exact) mass is 775 g/mol. The number of amides is 1. The van der Waals surface area contributed by atoms with Gasteiger partial charge in [0.25, 0.3) is 11.5 Å². The van der Waals surface area contributed by atoms with Crippen molar-refractivity contribution in [1.82, 2.24) is 15.3 Å². The molecule has 0 spiro atoms. The Morgan fingerprint density at radius 3 is 1.56 bits per heavy atom. The topological polar surface area (TPSA) is 130 Å². The zero-order valence-electron chi connectivity index (χ0n) is 28.9. The number of carbonyl (C=O) groups excluding carboxylic acids is 1. The Morgan fingerprint density at radius 1 is 0.700 bits per heavy atom. The van der Waals surface area contributed by atoms with Crippen molar-refractivity contribution >= 4 is 24.7 Å². The Morgan fingerprint density at radius 2 is 1.10 bits per heavy atom. The average molecular weight is 776 g/mol. The molecule has 1 amide bonds. The molecule has 0 saturated heterocycles. The summed E-state index contributed by atoms with van der Waals surface area (Å²) in [6.07, 6.45) is 12.2. The van der Waals surface area contributed by atoms with Crippen LogP contribution in [0.25, 0.3) is 11.0 Å². The average Bonchev–Trinajstić information content (AvgIpc) is 3.01. The van der Waals surface area contributed by atoms with Crippen LogP contribution >= 0.6 is 7.81 Å². The second-order valence-electron chi connectivity index (χ2n) is 11.3. The number of hydrogen-bond donors (Lipinski definition) is 2. The van der Waals surface area contributed by atoms with Gasteiger partial charge in [-0.2, -0.15) is 0 Å². The summed E-state index contributed by atoms with van der Waals surface area (Å²) < 4.78 is 93.1. The van der Waals surface area contributed by atoms with Crippen molar-refractivity contribution in [3.8, 4) is 11.5 Å². The van der Waals surface area contributed by atoms with Crippen molar-refractivity contribution in [1.29, 1.82) is 0 Å². The van der Waals surface area contributed by atoms with Crippen LogP contribution in [0, 0.1) is 0 Å². The molecule has 0 fully saturated rings. The zero-order chi connectivity index (χ0) is 36.1. The van der Waals surface area contributed by atoms with E-state index in [2.05, 4.69) is 22.2 Å². The number of halogens is 6. The van der Waals surface area contributed by atoms with E-state index < -0.39 is 19.3 Å². The van der Waals surface area contributed by atoms with Crippen molar-refractivity contribution in [2.45, 2.75) is 71.1 Å². The van der Waals surface area contributed by atoms with E-state index >= 15 is 0 Å². The number of fused-ring (bicyclic) bond motifs is 2. The van der Waals surface area contributed by atoms with Crippen LogP contribution in [0.2, 0.25) is 0 Å². The predicted molar refractivity (Wildman–Crippen MR) is 174 cm³/mol. The SMILES string of the molecule is CCCCCCCCCCCCNC(=O)c1nc2cc3c(cc2[nH]c1=O)OCCOCCOCCOCCOCCO3.F[P-](F)(F)(F)(F)F.[K+]. The van der Waals surface area contributed by atoms with Crippen LogP contribution in [0.15, 0.2) is 16.9 Å². The van der Waals surface area contributed by atoms with Gasteiger partial charge in [-0.3, -0.25) is 9.59 Å². The first-order valence-corrected chi connectivity index (χ1v) is 18.7. The Hall–Kier alpha value is -1.08. The molecule has 0 saturated carbocycles. The Balaban J connectivity index is 0.00000141. The van der Waals surface area contributed by atoms with Crippen LogP contribution in [-0.2, 0) is 18.9 Å². The molecule has 284 valence electrons. The van der Waals surface area contributed by atoms with E-state index in [1.807, 2.05) is 0 Å². The molecule has 0 radical (unpaired) electrons. The quantitative estimate of drug-likeness (QED) is 0.135. The Kier molecular flexibility index (Phi) is 22.1. The summed E-state index contributed by atoms with van der Waals surface area (Å²) in [6.45, 7) is 6.80. The van der Waals surface area contributed by atoms with E-state index in [-0.39, 0.29) is 70.3 Å². The molecule has 1 aromatic heterocycles. The number of H-pyrrole nitrogens is 1. The molecule has 2 heterocycles. The molecule has 2 N–H and O–H groups in total. The van der Waals surface area contributed by atoms with E-state index in [1.165, 1.54) is 44.9 Å². The summed E-state index contributed by atoms with van der Waals surface area (Å²) in [5.41, 5.74) is 0.141. The first-order valence-electron chi connectivity index (χ1n) is 16.6. The molecule has 3 rings (SSSR count). The maximum Gasteiger partial charge on any atom is 1.00 e. The fourth-order valence-corrected chi connectivity index (χ4v) is 4.56. The molecular formula is C31H49F6KN3O8P. The third-order valence-electron chi connectivity index (χ3n) is 6.88. The van der Waals surface area contributed by atoms with Crippen LogP contribution in [0.3, 0.4) is 0 Å². The summed E-state index contributed by atoms with van der Waals surface area (Å²) in [6, 6.07) is 3.32. The third-order valence-corrected chi connectivity index (χ3v) is 6.88. The van der Waals surface area contributed by atoms with Crippen LogP contribution in [0.1, 0.15) is 81.6 Å². The molecular weight excluding hydrogens is 726 g/mol. The molecule has 1 aliphatic rings. The van der Waals surface area contributed by atoms with Crippen LogP contribution < -0.4 is 71.7 Å². The van der Waals surface area contributed by atoms with Crippen molar-refractivity contribution < 1.29 is 110 Å². The summed E-state index contributed by atoms with van der Waals surface area (Å²) in [5.74, 6) is 0.382. The maximum absolute atomic E-state index is 12.8. The first-order chi connectivity index (χ1) is 23.1. The summed E-state index contributed by atoms with van der Waals surface area (Å²) in [4.78, 5) is 32.6. The van der Waals surface area contributed by atoms with Crippen molar-refractivity contribution in [2.24, 2.45) is 0 Å². The van der Waals surface area contributed by atoms with Crippen LogP contribution in [-0.4, -0.2) is 88.5 Å². The van der Waals surface area contributed by atoms with Gasteiger partial charge in [-0.25, -0.2) is 4.98 Å². The normalized spacial score (nSPS) is 16.7. The van der Waals surface area contributed by atoms with Gasteiger partial charge in [0.05, 0.1) is 63.9 Å². The van der Waals surface area contributed by atoms with Gasteiger partial charge < -0.3 is 38.7 Å². The number of nitrogens with zero attached hydrogens (tertiary/aromatic N) is 1. The van der Waals surface area contributed by atoms with E-state index in [9.17, 15) is 34.8 Å². The summed E-state index contributed by atoms with van der Waals surface area (Å²) in [7, 11) is -10.7. The van der Waals surface area contributed by atoms with Gasteiger partial charge in [0.1, 0.15) is 13.2 Å². The molecule has 50 heavy (non-hydrogen) atoms. The number of aromatic amines is 1. The predicted octanol–water partition coefficient (Wildman–Crippen LogP) is 4.80. The fourth-order valence-electron chi connectivity index (χ4n) is 4.56. The molecule has 0 bridgehead atoms. The summed E-state index contributed by atoms with van der Waals surface area (Å²) >= 11 is 0. The number of hydrogen-bond acceptors (Lipinski definition) is 9. The maximum atomic E-state index is 12.8. The molecule has 19 heteroatoms. The minimum atomic E-state index is -10.7. The first kappa shape index (κ1) is 46.9. The smallest absolute Gasteiger partial charge is 1.00 e. The van der Waals surface area contributed by atoms with Gasteiger partial charge >= 0.3 is 84.4 Å². The van der Waals surface area contributed by atoms with E-state index in [0.717, 1.165) is 19.3 Å². The molecule has 11 nitrogen and oxygen atoms in total. The minimum Gasteiger partial charge on any atom is 1.00 e. The zero-order valence-corrected chi connectivity index (χ0v) is 32.9. The number of carbonyl (C=O) groups is 1. The Labute approximate surface area is 330 Å². The largest absolute Gasteiger partial charge is 1.00 e. The van der Waals surface area contributed by atoms with Crippen LogP contribution in [0.5, 0.6) is 11.5 Å². The van der Waals surface area contributed by atoms with Crippen molar-refractivity contribution in [2.75, 3.05) is 72.6 Å². The number of unbranched alkanes of at least 4 members (excludes halogenated alkanes) is 9. The van der Waals surface area contributed by atoms with Gasteiger partial charge in [-0.05, 0) is 6.42 Å². The Bertz CT molecular complexity index is 1310. The van der Waals surface area contributed by atoms with Crippen molar-refractivity contribution in [3.63, 3.8) is 0 Å².